The highest BCUT2D eigenvalue weighted by Gasteiger charge is 2.27. The van der Waals surface area contributed by atoms with Crippen LogP contribution < -0.4 is 5.73 Å². The van der Waals surface area contributed by atoms with Gasteiger partial charge >= 0.3 is 5.97 Å². The summed E-state index contributed by atoms with van der Waals surface area (Å²) in [6, 6.07) is 17.8. The van der Waals surface area contributed by atoms with Crippen LogP contribution in [-0.4, -0.2) is 11.1 Å². The summed E-state index contributed by atoms with van der Waals surface area (Å²) < 4.78 is 0. The Morgan fingerprint density at radius 1 is 0.889 bits per heavy atom. The van der Waals surface area contributed by atoms with Crippen molar-refractivity contribution in [3.05, 3.63) is 71.8 Å². The topological polar surface area (TPSA) is 63.3 Å². The van der Waals surface area contributed by atoms with Gasteiger partial charge in [0.2, 0.25) is 0 Å². The Hall–Kier alpha value is -2.13. The average Bonchev–Trinajstić information content (AvgIpc) is 2.40. The molecule has 0 aliphatic heterocycles. The first-order chi connectivity index (χ1) is 8.70. The zero-order valence-corrected chi connectivity index (χ0v) is 9.86. The van der Waals surface area contributed by atoms with E-state index < -0.39 is 17.9 Å². The predicted octanol–water partition coefficient (Wildman–Crippen LogP) is 2.55. The molecule has 0 bridgehead atoms. The van der Waals surface area contributed by atoms with Gasteiger partial charge in [-0.05, 0) is 11.1 Å². The van der Waals surface area contributed by atoms with E-state index in [1.54, 1.807) is 12.1 Å². The fourth-order valence-corrected chi connectivity index (χ4v) is 2.03. The first kappa shape index (κ1) is 12.3. The molecule has 0 aromatic heterocycles. The standard InChI is InChI=1S/C15H15NO2/c16-14(12-9-5-2-6-10-12)13(15(17)18)11-7-3-1-4-8-11/h1-10,13-14H,16H2,(H,17,18)/t13-,14-/m1/s1. The molecule has 92 valence electrons. The molecule has 0 amide bonds. The van der Waals surface area contributed by atoms with Crippen LogP contribution in [0, 0.1) is 0 Å². The zero-order valence-electron chi connectivity index (χ0n) is 9.86. The summed E-state index contributed by atoms with van der Waals surface area (Å²) in [4.78, 5) is 11.4. The predicted molar refractivity (Wildman–Crippen MR) is 70.2 cm³/mol. The summed E-state index contributed by atoms with van der Waals surface area (Å²) in [6.45, 7) is 0. The van der Waals surface area contributed by atoms with E-state index in [1.165, 1.54) is 0 Å². The van der Waals surface area contributed by atoms with Crippen molar-refractivity contribution in [2.75, 3.05) is 0 Å². The third-order valence-electron chi connectivity index (χ3n) is 2.97. The number of hydrogen-bond acceptors (Lipinski definition) is 2. The Bertz CT molecular complexity index is 511. The highest BCUT2D eigenvalue weighted by Crippen LogP contribution is 2.29. The minimum absolute atomic E-state index is 0.550. The molecule has 0 aliphatic carbocycles. The molecule has 3 nitrogen and oxygen atoms in total. The SMILES string of the molecule is N[C@H](c1ccccc1)[C@H](C(=O)O)c1ccccc1. The summed E-state index contributed by atoms with van der Waals surface area (Å²) in [6.07, 6.45) is 0. The Morgan fingerprint density at radius 3 is 1.78 bits per heavy atom. The summed E-state index contributed by atoms with van der Waals surface area (Å²) in [7, 11) is 0. The minimum atomic E-state index is -0.905. The number of rotatable bonds is 4. The monoisotopic (exact) mass is 241 g/mol. The molecular weight excluding hydrogens is 226 g/mol. The van der Waals surface area contributed by atoms with Crippen molar-refractivity contribution in [1.29, 1.82) is 0 Å². The van der Waals surface area contributed by atoms with Crippen LogP contribution in [-0.2, 0) is 4.79 Å². The van der Waals surface area contributed by atoms with Crippen molar-refractivity contribution < 1.29 is 9.90 Å². The van der Waals surface area contributed by atoms with E-state index in [2.05, 4.69) is 0 Å². The van der Waals surface area contributed by atoms with Crippen molar-refractivity contribution in [1.82, 2.24) is 0 Å². The molecule has 0 spiro atoms. The van der Waals surface area contributed by atoms with E-state index in [1.807, 2.05) is 48.5 Å². The van der Waals surface area contributed by atoms with Crippen molar-refractivity contribution in [3.63, 3.8) is 0 Å². The molecule has 0 saturated heterocycles. The van der Waals surface area contributed by atoms with Gasteiger partial charge in [-0.25, -0.2) is 0 Å². The van der Waals surface area contributed by atoms with E-state index in [-0.39, 0.29) is 0 Å². The third kappa shape index (κ3) is 2.57. The second-order valence-electron chi connectivity index (χ2n) is 4.16. The lowest BCUT2D eigenvalue weighted by Crippen LogP contribution is -2.26. The number of hydrogen-bond donors (Lipinski definition) is 2. The smallest absolute Gasteiger partial charge is 0.312 e. The summed E-state index contributed by atoms with van der Waals surface area (Å²) >= 11 is 0. The molecule has 3 N–H and O–H groups in total. The Morgan fingerprint density at radius 2 is 1.33 bits per heavy atom. The molecule has 18 heavy (non-hydrogen) atoms. The lowest BCUT2D eigenvalue weighted by Gasteiger charge is -2.20. The highest BCUT2D eigenvalue weighted by molar-refractivity contribution is 5.77. The maximum absolute atomic E-state index is 11.4. The molecule has 3 heteroatoms. The van der Waals surface area contributed by atoms with Crippen LogP contribution in [0.15, 0.2) is 60.7 Å². The maximum atomic E-state index is 11.4. The number of benzene rings is 2. The number of aliphatic carboxylic acids is 1. The first-order valence-electron chi connectivity index (χ1n) is 5.78. The molecular formula is C15H15NO2. The normalized spacial score (nSPS) is 13.8. The fraction of sp³-hybridized carbons (Fsp3) is 0.133. The van der Waals surface area contributed by atoms with Crippen LogP contribution in [0.25, 0.3) is 0 Å². The van der Waals surface area contributed by atoms with Crippen LogP contribution in [0.3, 0.4) is 0 Å². The first-order valence-corrected chi connectivity index (χ1v) is 5.78. The number of carbonyl (C=O) groups is 1. The van der Waals surface area contributed by atoms with Crippen molar-refractivity contribution in [3.8, 4) is 0 Å². The summed E-state index contributed by atoms with van der Waals surface area (Å²) in [5.41, 5.74) is 7.64. The molecule has 0 heterocycles. The minimum Gasteiger partial charge on any atom is -0.481 e. The second kappa shape index (κ2) is 5.47. The molecule has 0 aliphatic rings. The van der Waals surface area contributed by atoms with Gasteiger partial charge in [0.1, 0.15) is 5.92 Å². The van der Waals surface area contributed by atoms with Gasteiger partial charge in [0, 0.05) is 6.04 Å². The van der Waals surface area contributed by atoms with E-state index >= 15 is 0 Å². The van der Waals surface area contributed by atoms with E-state index in [4.69, 9.17) is 5.73 Å². The highest BCUT2D eigenvalue weighted by atomic mass is 16.4. The molecule has 2 aromatic carbocycles. The maximum Gasteiger partial charge on any atom is 0.312 e. The Balaban J connectivity index is 2.35. The summed E-state index contributed by atoms with van der Waals surface area (Å²) in [5.74, 6) is -1.63. The van der Waals surface area contributed by atoms with Gasteiger partial charge < -0.3 is 10.8 Å². The second-order valence-corrected chi connectivity index (χ2v) is 4.16. The number of carboxylic acid groups (broad SMARTS) is 1. The lowest BCUT2D eigenvalue weighted by atomic mass is 9.88. The molecule has 2 atom stereocenters. The molecule has 0 unspecified atom stereocenters. The summed E-state index contributed by atoms with van der Waals surface area (Å²) in [5, 5.41) is 9.38. The van der Waals surface area contributed by atoms with E-state index in [0.717, 1.165) is 11.1 Å². The van der Waals surface area contributed by atoms with Gasteiger partial charge in [-0.2, -0.15) is 0 Å². The average molecular weight is 241 g/mol. The molecule has 2 aromatic rings. The number of nitrogens with two attached hydrogens (primary N) is 1. The van der Waals surface area contributed by atoms with Crippen LogP contribution >= 0.6 is 0 Å². The van der Waals surface area contributed by atoms with Crippen LogP contribution in [0.2, 0.25) is 0 Å². The largest absolute Gasteiger partial charge is 0.481 e. The van der Waals surface area contributed by atoms with Gasteiger partial charge in [-0.3, -0.25) is 4.79 Å². The molecule has 2 rings (SSSR count). The van der Waals surface area contributed by atoms with Crippen LogP contribution in [0.4, 0.5) is 0 Å². The van der Waals surface area contributed by atoms with Gasteiger partial charge in [0.05, 0.1) is 0 Å². The van der Waals surface area contributed by atoms with Gasteiger partial charge in [-0.15, -0.1) is 0 Å². The van der Waals surface area contributed by atoms with E-state index in [9.17, 15) is 9.90 Å². The van der Waals surface area contributed by atoms with Gasteiger partial charge in [0.25, 0.3) is 0 Å². The van der Waals surface area contributed by atoms with Gasteiger partial charge in [0.15, 0.2) is 0 Å². The zero-order chi connectivity index (χ0) is 13.0. The Kier molecular flexibility index (Phi) is 3.75. The van der Waals surface area contributed by atoms with Crippen LogP contribution in [0.5, 0.6) is 0 Å². The molecule has 0 saturated carbocycles. The third-order valence-corrected chi connectivity index (χ3v) is 2.97. The van der Waals surface area contributed by atoms with Crippen molar-refractivity contribution in [2.45, 2.75) is 12.0 Å². The van der Waals surface area contributed by atoms with E-state index in [0.29, 0.717) is 0 Å². The lowest BCUT2D eigenvalue weighted by molar-refractivity contribution is -0.139. The Labute approximate surface area is 106 Å². The van der Waals surface area contributed by atoms with Gasteiger partial charge in [-0.1, -0.05) is 60.7 Å². The van der Waals surface area contributed by atoms with Crippen LogP contribution in [0.1, 0.15) is 23.1 Å². The molecule has 0 radical (unpaired) electrons. The number of carboxylic acids is 1. The van der Waals surface area contributed by atoms with Crippen molar-refractivity contribution in [2.24, 2.45) is 5.73 Å². The van der Waals surface area contributed by atoms with Crippen molar-refractivity contribution >= 4 is 5.97 Å². The quantitative estimate of drug-likeness (QED) is 0.864. The fourth-order valence-electron chi connectivity index (χ4n) is 2.03. The molecule has 0 fully saturated rings.